The van der Waals surface area contributed by atoms with Crippen molar-refractivity contribution in [2.75, 3.05) is 33.3 Å². The molecular formula is C21H24FN2O2+. The van der Waals surface area contributed by atoms with Crippen molar-refractivity contribution in [1.82, 2.24) is 4.90 Å². The van der Waals surface area contributed by atoms with Gasteiger partial charge in [-0.05, 0) is 36.4 Å². The van der Waals surface area contributed by atoms with E-state index in [9.17, 15) is 9.18 Å². The summed E-state index contributed by atoms with van der Waals surface area (Å²) in [5.74, 6) is 0.489. The molecule has 0 radical (unpaired) electrons. The zero-order valence-electron chi connectivity index (χ0n) is 15.0. The van der Waals surface area contributed by atoms with Crippen LogP contribution in [0.1, 0.15) is 11.1 Å². The Balaban J connectivity index is 1.49. The molecule has 0 aliphatic carbocycles. The summed E-state index contributed by atoms with van der Waals surface area (Å²) in [7, 11) is 1.66. The van der Waals surface area contributed by atoms with Crippen LogP contribution in [0, 0.1) is 5.82 Å². The van der Waals surface area contributed by atoms with Crippen LogP contribution < -0.4 is 9.64 Å². The fraction of sp³-hybridized carbons (Fsp3) is 0.286. The predicted molar refractivity (Wildman–Crippen MR) is 99.4 cm³/mol. The minimum atomic E-state index is -0.315. The van der Waals surface area contributed by atoms with Gasteiger partial charge >= 0.3 is 0 Å². The number of nitrogens with one attached hydrogen (secondary N) is 1. The third-order valence-electron chi connectivity index (χ3n) is 4.71. The number of ether oxygens (including phenoxy) is 1. The number of hydrogen-bond donors (Lipinski definition) is 1. The third-order valence-corrected chi connectivity index (χ3v) is 4.71. The minimum Gasteiger partial charge on any atom is -0.497 e. The van der Waals surface area contributed by atoms with Crippen LogP contribution in [0.4, 0.5) is 4.39 Å². The van der Waals surface area contributed by atoms with Gasteiger partial charge in [-0.1, -0.05) is 18.2 Å². The Bertz CT molecular complexity index is 766. The Labute approximate surface area is 153 Å². The number of benzene rings is 2. The molecule has 136 valence electrons. The molecule has 0 aromatic heterocycles. The topological polar surface area (TPSA) is 34.0 Å². The van der Waals surface area contributed by atoms with Crippen LogP contribution in [-0.4, -0.2) is 44.1 Å². The van der Waals surface area contributed by atoms with Gasteiger partial charge in [0.2, 0.25) is 5.91 Å². The van der Waals surface area contributed by atoms with E-state index in [0.717, 1.165) is 25.4 Å². The number of nitrogens with zero attached hydrogens (tertiary/aromatic N) is 1. The Morgan fingerprint density at radius 1 is 1.15 bits per heavy atom. The number of rotatable bonds is 5. The van der Waals surface area contributed by atoms with Crippen molar-refractivity contribution in [2.24, 2.45) is 0 Å². The molecule has 0 spiro atoms. The predicted octanol–water partition coefficient (Wildman–Crippen LogP) is 1.77. The zero-order valence-corrected chi connectivity index (χ0v) is 15.0. The molecule has 0 unspecified atom stereocenters. The quantitative estimate of drug-likeness (QED) is 0.830. The van der Waals surface area contributed by atoms with E-state index in [-0.39, 0.29) is 11.7 Å². The summed E-state index contributed by atoms with van der Waals surface area (Å²) in [5.41, 5.74) is 1.70. The van der Waals surface area contributed by atoms with Gasteiger partial charge in [-0.3, -0.25) is 4.79 Å². The highest BCUT2D eigenvalue weighted by Gasteiger charge is 2.22. The van der Waals surface area contributed by atoms with Gasteiger partial charge in [-0.2, -0.15) is 0 Å². The lowest BCUT2D eigenvalue weighted by atomic mass is 10.2. The molecule has 1 amide bonds. The molecule has 1 aliphatic rings. The van der Waals surface area contributed by atoms with Crippen LogP contribution >= 0.6 is 0 Å². The lowest BCUT2D eigenvalue weighted by Crippen LogP contribution is -3.13. The maximum atomic E-state index is 13.6. The van der Waals surface area contributed by atoms with E-state index in [0.29, 0.717) is 18.7 Å². The number of piperazine rings is 1. The monoisotopic (exact) mass is 355 g/mol. The van der Waals surface area contributed by atoms with Gasteiger partial charge in [-0.15, -0.1) is 0 Å². The van der Waals surface area contributed by atoms with E-state index in [1.807, 2.05) is 17.0 Å². The van der Waals surface area contributed by atoms with Crippen molar-refractivity contribution in [1.29, 1.82) is 0 Å². The Hall–Kier alpha value is -2.66. The van der Waals surface area contributed by atoms with Gasteiger partial charge in [0.05, 0.1) is 33.3 Å². The number of hydrogen-bond acceptors (Lipinski definition) is 2. The van der Waals surface area contributed by atoms with Crippen LogP contribution in [0.25, 0.3) is 6.08 Å². The van der Waals surface area contributed by atoms with Crippen molar-refractivity contribution in [2.45, 2.75) is 6.54 Å². The van der Waals surface area contributed by atoms with Crippen molar-refractivity contribution in [3.05, 3.63) is 71.6 Å². The van der Waals surface area contributed by atoms with Gasteiger partial charge in [0, 0.05) is 17.2 Å². The number of halogens is 1. The van der Waals surface area contributed by atoms with Gasteiger partial charge in [-0.25, -0.2) is 4.39 Å². The van der Waals surface area contributed by atoms with Crippen LogP contribution in [0.15, 0.2) is 54.6 Å². The van der Waals surface area contributed by atoms with Crippen molar-refractivity contribution in [3.8, 4) is 5.75 Å². The van der Waals surface area contributed by atoms with E-state index in [2.05, 4.69) is 12.1 Å². The first-order chi connectivity index (χ1) is 12.7. The van der Waals surface area contributed by atoms with Crippen LogP contribution in [0.2, 0.25) is 0 Å². The molecule has 0 atom stereocenters. The van der Waals surface area contributed by atoms with Gasteiger partial charge in [0.1, 0.15) is 18.1 Å². The van der Waals surface area contributed by atoms with Crippen molar-refractivity contribution >= 4 is 12.0 Å². The van der Waals surface area contributed by atoms with Crippen LogP contribution in [0.5, 0.6) is 5.75 Å². The maximum absolute atomic E-state index is 13.6. The van der Waals surface area contributed by atoms with Crippen LogP contribution in [-0.2, 0) is 11.3 Å². The molecule has 0 saturated carbocycles. The largest absolute Gasteiger partial charge is 0.497 e. The number of amides is 1. The zero-order chi connectivity index (χ0) is 18.4. The molecule has 0 bridgehead atoms. The fourth-order valence-corrected chi connectivity index (χ4v) is 3.13. The second-order valence-electron chi connectivity index (χ2n) is 6.45. The van der Waals surface area contributed by atoms with E-state index in [1.165, 1.54) is 22.6 Å². The van der Waals surface area contributed by atoms with E-state index < -0.39 is 0 Å². The Morgan fingerprint density at radius 2 is 1.85 bits per heavy atom. The molecule has 1 saturated heterocycles. The highest BCUT2D eigenvalue weighted by Crippen LogP contribution is 2.11. The minimum absolute atomic E-state index is 0.0586. The summed E-state index contributed by atoms with van der Waals surface area (Å²) in [6.07, 6.45) is 3.02. The number of methoxy groups -OCH3 is 1. The van der Waals surface area contributed by atoms with E-state index >= 15 is 0 Å². The summed E-state index contributed by atoms with van der Waals surface area (Å²) in [5, 5.41) is 0. The summed E-state index contributed by atoms with van der Waals surface area (Å²) >= 11 is 0. The molecule has 1 aliphatic heterocycles. The lowest BCUT2D eigenvalue weighted by Gasteiger charge is -2.31. The molecule has 5 heteroatoms. The first-order valence-electron chi connectivity index (χ1n) is 8.84. The molecule has 1 heterocycles. The first-order valence-corrected chi connectivity index (χ1v) is 8.84. The highest BCUT2D eigenvalue weighted by atomic mass is 19.1. The van der Waals surface area contributed by atoms with Gasteiger partial charge in [0.15, 0.2) is 0 Å². The molecule has 2 aromatic carbocycles. The smallest absolute Gasteiger partial charge is 0.246 e. The van der Waals surface area contributed by atoms with Crippen LogP contribution in [0.3, 0.4) is 0 Å². The second-order valence-corrected chi connectivity index (χ2v) is 6.45. The molecule has 4 nitrogen and oxygen atoms in total. The summed E-state index contributed by atoms with van der Waals surface area (Å²) < 4.78 is 18.8. The second kappa shape index (κ2) is 8.63. The molecule has 2 aromatic rings. The Morgan fingerprint density at radius 3 is 2.50 bits per heavy atom. The first kappa shape index (κ1) is 18.1. The average Bonchev–Trinajstić information content (AvgIpc) is 2.68. The van der Waals surface area contributed by atoms with E-state index in [1.54, 1.807) is 31.4 Å². The normalized spacial score (nSPS) is 15.4. The Kier molecular flexibility index (Phi) is 6.02. The molecule has 1 fully saturated rings. The molecular weight excluding hydrogens is 331 g/mol. The maximum Gasteiger partial charge on any atom is 0.246 e. The van der Waals surface area contributed by atoms with E-state index in [4.69, 9.17) is 4.74 Å². The lowest BCUT2D eigenvalue weighted by molar-refractivity contribution is -0.917. The molecule has 1 N–H and O–H groups in total. The SMILES string of the molecule is COc1ccc(C[NH+]2CCN(C(=O)/C=C/c3ccccc3F)CC2)cc1. The van der Waals surface area contributed by atoms with Crippen molar-refractivity contribution in [3.63, 3.8) is 0 Å². The van der Waals surface area contributed by atoms with Gasteiger partial charge in [0.25, 0.3) is 0 Å². The summed E-state index contributed by atoms with van der Waals surface area (Å²) in [6, 6.07) is 14.6. The number of carbonyl (C=O) groups excluding carboxylic acids is 1. The molecule has 26 heavy (non-hydrogen) atoms. The standard InChI is InChI=1S/C21H23FN2O2/c1-26-19-9-6-17(7-10-19)16-23-12-14-24(15-13-23)21(25)11-8-18-4-2-3-5-20(18)22/h2-11H,12-16H2,1H3/p+1/b11-8+. The highest BCUT2D eigenvalue weighted by molar-refractivity contribution is 5.91. The average molecular weight is 355 g/mol. The summed E-state index contributed by atoms with van der Waals surface area (Å²) in [6.45, 7) is 4.19. The summed E-state index contributed by atoms with van der Waals surface area (Å²) in [4.78, 5) is 15.6. The number of quaternary nitrogens is 1. The molecule has 3 rings (SSSR count). The van der Waals surface area contributed by atoms with Crippen molar-refractivity contribution < 1.29 is 18.8 Å². The third kappa shape index (κ3) is 4.70. The van der Waals surface area contributed by atoms with Gasteiger partial charge < -0.3 is 14.5 Å². The fourth-order valence-electron chi connectivity index (χ4n) is 3.13. The number of carbonyl (C=O) groups is 1.